The molecule has 2 aromatic rings. The topological polar surface area (TPSA) is 97.0 Å². The highest BCUT2D eigenvalue weighted by atomic mass is 16.6. The van der Waals surface area contributed by atoms with Crippen LogP contribution in [0, 0.1) is 19.8 Å². The van der Waals surface area contributed by atoms with E-state index >= 15 is 0 Å². The van der Waals surface area contributed by atoms with E-state index in [0.29, 0.717) is 24.4 Å². The summed E-state index contributed by atoms with van der Waals surface area (Å²) in [7, 11) is 1.59. The average molecular weight is 610 g/mol. The van der Waals surface area contributed by atoms with Crippen molar-refractivity contribution in [3.63, 3.8) is 0 Å². The van der Waals surface area contributed by atoms with Gasteiger partial charge in [-0.3, -0.25) is 9.59 Å². The lowest BCUT2D eigenvalue weighted by molar-refractivity contribution is -0.142. The molecule has 0 heterocycles. The summed E-state index contributed by atoms with van der Waals surface area (Å²) in [5.41, 5.74) is 2.61. The highest BCUT2D eigenvalue weighted by molar-refractivity contribution is 5.99. The summed E-state index contributed by atoms with van der Waals surface area (Å²) < 4.78 is 10.8. The molecule has 0 saturated carbocycles. The first-order valence-corrected chi connectivity index (χ1v) is 16.1. The number of unbranched alkanes of at least 4 members (excludes halogenated alkanes) is 5. The van der Waals surface area contributed by atoms with E-state index in [1.807, 2.05) is 45.9 Å². The summed E-state index contributed by atoms with van der Waals surface area (Å²) in [6.07, 6.45) is 6.21. The standard InChI is InChI=1S/C36H55N3O5/c1-10-12-13-14-15-16-21-39(34(41)31(27(5)11-2)38-35(42)44-36(6,7)8)32(28-23-25(3)22-26(4)24-28)33(40)37-29-17-19-30(43-9)20-18-29/h17-20,22-24,27,31-32H,10-16,21H2,1-9H3,(H,37,40)(H,38,42). The maximum atomic E-state index is 14.6. The lowest BCUT2D eigenvalue weighted by Gasteiger charge is -2.36. The number of nitrogens with one attached hydrogen (secondary N) is 2. The minimum Gasteiger partial charge on any atom is -0.497 e. The van der Waals surface area contributed by atoms with Gasteiger partial charge in [0.1, 0.15) is 23.4 Å². The van der Waals surface area contributed by atoms with Crippen LogP contribution in [0.3, 0.4) is 0 Å². The summed E-state index contributed by atoms with van der Waals surface area (Å²) in [5.74, 6) is -0.127. The summed E-state index contributed by atoms with van der Waals surface area (Å²) in [5, 5.41) is 5.89. The zero-order valence-electron chi connectivity index (χ0n) is 28.4. The number of rotatable bonds is 16. The molecular weight excluding hydrogens is 554 g/mol. The molecule has 44 heavy (non-hydrogen) atoms. The van der Waals surface area contributed by atoms with Crippen molar-refractivity contribution in [1.29, 1.82) is 0 Å². The quantitative estimate of drug-likeness (QED) is 0.187. The second-order valence-electron chi connectivity index (χ2n) is 12.9. The van der Waals surface area contributed by atoms with E-state index < -0.39 is 23.8 Å². The molecule has 0 spiro atoms. The SMILES string of the molecule is CCCCCCCCN(C(=O)C(NC(=O)OC(C)(C)C)C(C)CC)C(C(=O)Nc1ccc(OC)cc1)c1cc(C)cc(C)c1. The van der Waals surface area contributed by atoms with Crippen LogP contribution in [0.2, 0.25) is 0 Å². The average Bonchev–Trinajstić information content (AvgIpc) is 2.95. The summed E-state index contributed by atoms with van der Waals surface area (Å²) in [4.78, 5) is 43.4. The van der Waals surface area contributed by atoms with Gasteiger partial charge in [0, 0.05) is 12.2 Å². The number of alkyl carbamates (subject to hydrolysis) is 1. The predicted molar refractivity (Wildman–Crippen MR) is 178 cm³/mol. The van der Waals surface area contributed by atoms with Gasteiger partial charge in [-0.15, -0.1) is 0 Å². The molecule has 0 aromatic heterocycles. The molecule has 3 unspecified atom stereocenters. The van der Waals surface area contributed by atoms with E-state index in [1.165, 1.54) is 6.42 Å². The van der Waals surface area contributed by atoms with Gasteiger partial charge in [-0.1, -0.05) is 88.6 Å². The third kappa shape index (κ3) is 11.9. The number of hydrogen-bond donors (Lipinski definition) is 2. The van der Waals surface area contributed by atoms with Crippen LogP contribution in [0.5, 0.6) is 5.75 Å². The van der Waals surface area contributed by atoms with Crippen molar-refractivity contribution in [1.82, 2.24) is 10.2 Å². The summed E-state index contributed by atoms with van der Waals surface area (Å²) in [6, 6.07) is 11.3. The fraction of sp³-hybridized carbons (Fsp3) is 0.583. The molecule has 244 valence electrons. The molecule has 2 aromatic carbocycles. The van der Waals surface area contributed by atoms with Crippen LogP contribution < -0.4 is 15.4 Å². The van der Waals surface area contributed by atoms with Gasteiger partial charge in [-0.2, -0.15) is 0 Å². The molecule has 2 N–H and O–H groups in total. The molecule has 2 rings (SSSR count). The number of amides is 3. The number of aryl methyl sites for hydroxylation is 2. The van der Waals surface area contributed by atoms with Crippen LogP contribution in [-0.2, 0) is 14.3 Å². The van der Waals surface area contributed by atoms with Gasteiger partial charge in [0.2, 0.25) is 5.91 Å². The van der Waals surface area contributed by atoms with Crippen molar-refractivity contribution >= 4 is 23.6 Å². The van der Waals surface area contributed by atoms with Crippen molar-refractivity contribution in [2.75, 3.05) is 19.0 Å². The van der Waals surface area contributed by atoms with E-state index in [4.69, 9.17) is 9.47 Å². The van der Waals surface area contributed by atoms with E-state index in [1.54, 1.807) is 57.0 Å². The Balaban J connectivity index is 2.57. The van der Waals surface area contributed by atoms with Crippen LogP contribution in [0.15, 0.2) is 42.5 Å². The maximum absolute atomic E-state index is 14.6. The number of ether oxygens (including phenoxy) is 2. The number of carbonyl (C=O) groups is 3. The van der Waals surface area contributed by atoms with Gasteiger partial charge < -0.3 is 25.0 Å². The number of methoxy groups -OCH3 is 1. The van der Waals surface area contributed by atoms with Gasteiger partial charge >= 0.3 is 6.09 Å². The Labute approximate surface area is 265 Å². The Morgan fingerprint density at radius 2 is 1.48 bits per heavy atom. The second kappa shape index (κ2) is 17.7. The van der Waals surface area contributed by atoms with Crippen LogP contribution in [-0.4, -0.2) is 48.1 Å². The Hall–Kier alpha value is -3.55. The molecule has 0 radical (unpaired) electrons. The highest BCUT2D eigenvalue weighted by Crippen LogP contribution is 2.29. The van der Waals surface area contributed by atoms with Gasteiger partial charge in [-0.05, 0) is 76.8 Å². The molecule has 0 saturated heterocycles. The van der Waals surface area contributed by atoms with Crippen LogP contribution in [0.1, 0.15) is 109 Å². The fourth-order valence-electron chi connectivity index (χ4n) is 5.25. The van der Waals surface area contributed by atoms with Gasteiger partial charge in [0.15, 0.2) is 0 Å². The third-order valence-corrected chi connectivity index (χ3v) is 7.66. The van der Waals surface area contributed by atoms with Gasteiger partial charge in [0.25, 0.3) is 5.91 Å². The number of benzene rings is 2. The van der Waals surface area contributed by atoms with E-state index in [9.17, 15) is 14.4 Å². The Bertz CT molecular complexity index is 1180. The lowest BCUT2D eigenvalue weighted by Crippen LogP contribution is -2.55. The van der Waals surface area contributed by atoms with E-state index in [2.05, 4.69) is 17.6 Å². The Morgan fingerprint density at radius 1 is 0.886 bits per heavy atom. The molecule has 0 aliphatic rings. The first-order valence-electron chi connectivity index (χ1n) is 16.1. The van der Waals surface area contributed by atoms with Crippen LogP contribution >= 0.6 is 0 Å². The molecular formula is C36H55N3O5. The van der Waals surface area contributed by atoms with E-state index in [0.717, 1.165) is 48.8 Å². The summed E-state index contributed by atoms with van der Waals surface area (Å²) in [6.45, 7) is 15.8. The van der Waals surface area contributed by atoms with Crippen LogP contribution in [0.25, 0.3) is 0 Å². The highest BCUT2D eigenvalue weighted by Gasteiger charge is 2.38. The van der Waals surface area contributed by atoms with Crippen LogP contribution in [0.4, 0.5) is 10.5 Å². The summed E-state index contributed by atoms with van der Waals surface area (Å²) >= 11 is 0. The molecule has 3 atom stereocenters. The molecule has 0 aliphatic heterocycles. The minimum atomic E-state index is -0.911. The van der Waals surface area contributed by atoms with Gasteiger partial charge in [-0.25, -0.2) is 4.79 Å². The minimum absolute atomic E-state index is 0.188. The maximum Gasteiger partial charge on any atom is 0.408 e. The number of carbonyl (C=O) groups excluding carboxylic acids is 3. The molecule has 8 nitrogen and oxygen atoms in total. The normalized spacial score (nSPS) is 13.4. The van der Waals surface area contributed by atoms with Crippen molar-refractivity contribution in [3.05, 3.63) is 59.2 Å². The number of hydrogen-bond acceptors (Lipinski definition) is 5. The van der Waals surface area contributed by atoms with Crippen molar-refractivity contribution < 1.29 is 23.9 Å². The molecule has 0 bridgehead atoms. The lowest BCUT2D eigenvalue weighted by atomic mass is 9.94. The third-order valence-electron chi connectivity index (χ3n) is 7.66. The second-order valence-corrected chi connectivity index (χ2v) is 12.9. The Morgan fingerprint density at radius 3 is 2.02 bits per heavy atom. The number of anilines is 1. The molecule has 0 aliphatic carbocycles. The zero-order valence-corrected chi connectivity index (χ0v) is 28.4. The molecule has 0 fully saturated rings. The zero-order chi connectivity index (χ0) is 32.9. The molecule has 3 amide bonds. The monoisotopic (exact) mass is 609 g/mol. The molecule has 8 heteroatoms. The largest absolute Gasteiger partial charge is 0.497 e. The first kappa shape index (κ1) is 36.6. The first-order chi connectivity index (χ1) is 20.8. The van der Waals surface area contributed by atoms with Crippen molar-refractivity contribution in [3.8, 4) is 5.75 Å². The fourth-order valence-corrected chi connectivity index (χ4v) is 5.25. The van der Waals surface area contributed by atoms with Gasteiger partial charge in [0.05, 0.1) is 7.11 Å². The smallest absolute Gasteiger partial charge is 0.408 e. The van der Waals surface area contributed by atoms with Crippen molar-refractivity contribution in [2.24, 2.45) is 5.92 Å². The predicted octanol–water partition coefficient (Wildman–Crippen LogP) is 8.12. The number of nitrogens with zero attached hydrogens (tertiary/aromatic N) is 1. The van der Waals surface area contributed by atoms with Crippen molar-refractivity contribution in [2.45, 2.75) is 118 Å². The van der Waals surface area contributed by atoms with E-state index in [-0.39, 0.29) is 17.7 Å². The Kier molecular flexibility index (Phi) is 14.7.